The topological polar surface area (TPSA) is 153 Å². The Kier molecular flexibility index (Phi) is 9.18. The predicted molar refractivity (Wildman–Crippen MR) is 221 cm³/mol. The van der Waals surface area contributed by atoms with E-state index in [1.165, 1.54) is 11.1 Å². The van der Waals surface area contributed by atoms with Gasteiger partial charge in [-0.1, -0.05) is 60.7 Å². The lowest BCUT2D eigenvalue weighted by atomic mass is 9.74. The molecule has 4 fully saturated rings. The van der Waals surface area contributed by atoms with E-state index in [0.29, 0.717) is 74.1 Å². The van der Waals surface area contributed by atoms with Crippen LogP contribution in [0, 0.1) is 5.92 Å². The van der Waals surface area contributed by atoms with E-state index in [-0.39, 0.29) is 23.1 Å². The van der Waals surface area contributed by atoms with Crippen molar-refractivity contribution in [3.8, 4) is 5.75 Å². The zero-order valence-corrected chi connectivity index (χ0v) is 32.6. The number of fused-ring (bicyclic) bond motifs is 3. The van der Waals surface area contributed by atoms with E-state index >= 15 is 0 Å². The Morgan fingerprint density at radius 3 is 2.31 bits per heavy atom. The Balaban J connectivity index is 0.852. The van der Waals surface area contributed by atoms with Gasteiger partial charge in [-0.3, -0.25) is 14.4 Å². The van der Waals surface area contributed by atoms with Crippen molar-refractivity contribution < 1.29 is 28.4 Å². The first kappa shape index (κ1) is 36.9. The third-order valence-corrected chi connectivity index (χ3v) is 13.5. The molecule has 5 aliphatic rings. The molecule has 4 aliphatic heterocycles. The average molecular weight is 778 g/mol. The molecule has 1 spiro atoms. The largest absolute Gasteiger partial charge is 0.566 e. The van der Waals surface area contributed by atoms with Gasteiger partial charge in [0.05, 0.1) is 6.61 Å². The highest BCUT2D eigenvalue weighted by molar-refractivity contribution is 6.67. The molecule has 0 unspecified atom stereocenters. The highest BCUT2D eigenvalue weighted by atomic mass is 16.7. The minimum absolute atomic E-state index is 0.0508. The molecule has 296 valence electrons. The number of amides is 2. The lowest BCUT2D eigenvalue weighted by Crippen LogP contribution is -2.46. The fourth-order valence-electron chi connectivity index (χ4n) is 9.94. The average Bonchev–Trinajstić information content (AvgIpc) is 3.81. The number of nitrogens with two attached hydrogens (primary N) is 2. The number of nitrogens with zero attached hydrogens (tertiary/aromatic N) is 2. The first-order valence-electron chi connectivity index (χ1n) is 20.7. The third kappa shape index (κ3) is 6.20. The highest BCUT2D eigenvalue weighted by Gasteiger charge is 2.62. The number of aromatic amines is 1. The maximum absolute atomic E-state index is 14.1. The Morgan fingerprint density at radius 1 is 0.793 bits per heavy atom. The van der Waals surface area contributed by atoms with Gasteiger partial charge in [0.2, 0.25) is 0 Å². The van der Waals surface area contributed by atoms with Gasteiger partial charge in [-0.25, -0.2) is 0 Å². The van der Waals surface area contributed by atoms with Crippen LogP contribution in [0.5, 0.6) is 5.75 Å². The molecule has 3 saturated heterocycles. The number of carbonyl (C=O) groups excluding carboxylic acids is 3. The van der Waals surface area contributed by atoms with Gasteiger partial charge in [-0.05, 0) is 97.0 Å². The number of hydrogen-bond acceptors (Lipinski definition) is 8. The minimum Gasteiger partial charge on any atom is -0.503 e. The number of nitrogens with one attached hydrogen (secondary N) is 1. The van der Waals surface area contributed by atoms with Crippen molar-refractivity contribution in [3.05, 3.63) is 130 Å². The number of rotatable bonds is 8. The first-order chi connectivity index (χ1) is 28.3. The Labute approximate surface area is 338 Å². The monoisotopic (exact) mass is 777 g/mol. The number of piperidine rings is 2. The van der Waals surface area contributed by atoms with Crippen molar-refractivity contribution in [1.82, 2.24) is 14.8 Å². The van der Waals surface area contributed by atoms with Crippen molar-refractivity contribution >= 4 is 41.3 Å². The molecule has 11 nitrogen and oxygen atoms in total. The maximum Gasteiger partial charge on any atom is 0.566 e. The Morgan fingerprint density at radius 2 is 1.53 bits per heavy atom. The molecule has 1 aromatic heterocycles. The van der Waals surface area contributed by atoms with Crippen LogP contribution in [0.15, 0.2) is 91.0 Å². The summed E-state index contributed by atoms with van der Waals surface area (Å²) in [4.78, 5) is 49.2. The van der Waals surface area contributed by atoms with Crippen molar-refractivity contribution in [2.45, 2.75) is 68.5 Å². The predicted octanol–water partition coefficient (Wildman–Crippen LogP) is 5.25. The summed E-state index contributed by atoms with van der Waals surface area (Å²) in [6.45, 7) is 4.11. The Bertz CT molecular complexity index is 2430. The summed E-state index contributed by atoms with van der Waals surface area (Å²) < 4.78 is 19.0. The summed E-state index contributed by atoms with van der Waals surface area (Å²) >= 11 is 0. The summed E-state index contributed by atoms with van der Waals surface area (Å²) in [5.41, 5.74) is 18.1. The van der Waals surface area contributed by atoms with Gasteiger partial charge in [0.25, 0.3) is 11.8 Å². The molecular formula is C46H48BN5O6. The summed E-state index contributed by atoms with van der Waals surface area (Å²) in [7, 11) is -0.984. The minimum atomic E-state index is -1.34. The van der Waals surface area contributed by atoms with Crippen LogP contribution in [0.2, 0.25) is 0 Å². The van der Waals surface area contributed by atoms with Gasteiger partial charge in [0.15, 0.2) is 5.60 Å². The molecule has 5 aromatic rings. The number of aromatic nitrogens is 1. The van der Waals surface area contributed by atoms with Gasteiger partial charge in [0, 0.05) is 78.1 Å². The maximum atomic E-state index is 14.1. The van der Waals surface area contributed by atoms with Crippen LogP contribution >= 0.6 is 0 Å². The van der Waals surface area contributed by atoms with Crippen LogP contribution in [-0.2, 0) is 38.2 Å². The van der Waals surface area contributed by atoms with Crippen LogP contribution in [0.4, 0.5) is 0 Å². The Hall–Kier alpha value is -5.43. The van der Waals surface area contributed by atoms with E-state index in [1.54, 1.807) is 0 Å². The number of carbonyl (C=O) groups is 3. The molecule has 5 N–H and O–H groups in total. The SMILES string of the molecule is NCc1cccc(C2CCN(C(=O)c3cccc([C@@]4(C5CC5)OB(c5cccc6[nH]c(C(=O)N7CCC8(CC7)COc7ccc(CN)cc78)cc56)OC4=O)c3)CC2)c1. The zero-order chi connectivity index (χ0) is 39.6. The van der Waals surface area contributed by atoms with E-state index in [4.69, 9.17) is 25.5 Å². The number of H-pyrrole nitrogens is 1. The zero-order valence-electron chi connectivity index (χ0n) is 32.6. The quantitative estimate of drug-likeness (QED) is 0.181. The summed E-state index contributed by atoms with van der Waals surface area (Å²) in [6, 6.07) is 29.5. The molecular weight excluding hydrogens is 729 g/mol. The molecule has 5 heterocycles. The van der Waals surface area contributed by atoms with Crippen molar-refractivity contribution in [1.29, 1.82) is 0 Å². The van der Waals surface area contributed by atoms with Crippen LogP contribution in [0.1, 0.15) is 93.1 Å². The molecule has 4 aromatic carbocycles. The lowest BCUT2D eigenvalue weighted by molar-refractivity contribution is -0.145. The fraction of sp³-hybridized carbons (Fsp3) is 0.370. The standard InChI is InChI=1S/C46H48BN5O6/c48-26-29-4-1-5-32(22-29)31-14-18-51(19-15-31)42(53)33-6-2-7-35(24-33)46(34-11-12-34)44(55)57-47(58-46)38-8-3-9-39-36(38)25-40(50-39)43(54)52-20-16-45(17-21-52)28-56-41-13-10-30(27-49)23-37(41)45/h1-10,13,22-25,31,34,50H,11-12,14-21,26-28,48-49H2/t46-/m1/s1. The number of likely N-dealkylation sites (tertiary alicyclic amines) is 2. The second-order valence-corrected chi connectivity index (χ2v) is 16.8. The third-order valence-electron chi connectivity index (χ3n) is 13.5. The number of hydrogen-bond donors (Lipinski definition) is 3. The van der Waals surface area contributed by atoms with Crippen LogP contribution < -0.4 is 21.7 Å². The lowest BCUT2D eigenvalue weighted by Gasteiger charge is -2.38. The van der Waals surface area contributed by atoms with E-state index < -0.39 is 18.7 Å². The van der Waals surface area contributed by atoms with Crippen molar-refractivity contribution in [2.24, 2.45) is 17.4 Å². The number of ether oxygens (including phenoxy) is 1. The van der Waals surface area contributed by atoms with Crippen LogP contribution in [-0.4, -0.2) is 72.5 Å². The molecule has 10 rings (SSSR count). The van der Waals surface area contributed by atoms with Gasteiger partial charge in [-0.2, -0.15) is 0 Å². The van der Waals surface area contributed by atoms with Gasteiger partial charge in [0.1, 0.15) is 11.4 Å². The molecule has 0 bridgehead atoms. The summed E-state index contributed by atoms with van der Waals surface area (Å²) in [5.74, 6) is 0.650. The molecule has 1 aliphatic carbocycles. The second kappa shape index (κ2) is 14.4. The second-order valence-electron chi connectivity index (χ2n) is 16.8. The van der Waals surface area contributed by atoms with E-state index in [0.717, 1.165) is 66.3 Å². The summed E-state index contributed by atoms with van der Waals surface area (Å²) in [6.07, 6.45) is 4.98. The molecule has 1 saturated carbocycles. The van der Waals surface area contributed by atoms with Crippen LogP contribution in [0.3, 0.4) is 0 Å². The van der Waals surface area contributed by atoms with E-state index in [9.17, 15) is 14.4 Å². The highest BCUT2D eigenvalue weighted by Crippen LogP contribution is 2.52. The first-order valence-corrected chi connectivity index (χ1v) is 20.7. The molecule has 2 amide bonds. The van der Waals surface area contributed by atoms with Crippen molar-refractivity contribution in [2.75, 3.05) is 32.8 Å². The summed E-state index contributed by atoms with van der Waals surface area (Å²) in [5, 5.41) is 0.762. The smallest absolute Gasteiger partial charge is 0.503 e. The van der Waals surface area contributed by atoms with Gasteiger partial charge < -0.3 is 40.3 Å². The van der Waals surface area contributed by atoms with E-state index in [2.05, 4.69) is 29.2 Å². The van der Waals surface area contributed by atoms with E-state index in [1.807, 2.05) is 76.5 Å². The molecule has 1 atom stereocenters. The van der Waals surface area contributed by atoms with Gasteiger partial charge >= 0.3 is 13.1 Å². The number of benzene rings is 4. The molecule has 0 radical (unpaired) electrons. The molecule has 58 heavy (non-hydrogen) atoms. The molecule has 12 heteroatoms. The van der Waals surface area contributed by atoms with Gasteiger partial charge in [-0.15, -0.1) is 0 Å². The fourth-order valence-corrected chi connectivity index (χ4v) is 9.94. The van der Waals surface area contributed by atoms with Crippen molar-refractivity contribution in [3.63, 3.8) is 0 Å². The normalized spacial score (nSPS) is 21.7. The van der Waals surface area contributed by atoms with Crippen LogP contribution in [0.25, 0.3) is 10.9 Å².